The van der Waals surface area contributed by atoms with Crippen LogP contribution in [0, 0.1) is 0 Å². The highest BCUT2D eigenvalue weighted by Crippen LogP contribution is 2.42. The summed E-state index contributed by atoms with van der Waals surface area (Å²) in [6.07, 6.45) is 4.78. The van der Waals surface area contributed by atoms with Gasteiger partial charge in [-0.05, 0) is 118 Å². The number of thiophene rings is 1. The second kappa shape index (κ2) is 18.8. The zero-order valence-electron chi connectivity index (χ0n) is 31.0. The van der Waals surface area contributed by atoms with Gasteiger partial charge in [0, 0.05) is 29.1 Å². The first kappa shape index (κ1) is 40.1. The molecule has 54 heavy (non-hydrogen) atoms. The van der Waals surface area contributed by atoms with Crippen molar-refractivity contribution < 1.29 is 48.3 Å². The van der Waals surface area contributed by atoms with Crippen LogP contribution in [-0.2, 0) is 30.3 Å². The predicted octanol–water partition coefficient (Wildman–Crippen LogP) is 6.51. The van der Waals surface area contributed by atoms with Crippen molar-refractivity contribution in [3.05, 3.63) is 77.9 Å². The minimum Gasteiger partial charge on any atom is -0.492 e. The van der Waals surface area contributed by atoms with E-state index in [1.165, 1.54) is 34.1 Å². The standard InChI is InChI=1S/C39H46N2O6S.C2H2O4/c1-39(2,3)47-37(43)27-46-34-26-29(14-17-33(34)45-23-21-40-18-6-7-19-40)38-32(31-9-4-5-10-35(31)48-38)25-28-12-15-30(16-13-28)44-24-22-41-20-8-11-36(41)42;3-1(4)2(5)6/h4-5,9-10,12-17,26H,6-8,11,18-25,27H2,1-3H3;(H,3,4)(H,5,6). The van der Waals surface area contributed by atoms with Crippen molar-refractivity contribution in [2.45, 2.75) is 58.5 Å². The molecule has 2 aliphatic rings. The van der Waals surface area contributed by atoms with Gasteiger partial charge in [0.2, 0.25) is 5.91 Å². The van der Waals surface area contributed by atoms with E-state index >= 15 is 0 Å². The molecule has 12 nitrogen and oxygen atoms in total. The van der Waals surface area contributed by atoms with Crippen molar-refractivity contribution in [1.29, 1.82) is 0 Å². The Kier molecular flexibility index (Phi) is 13.9. The maximum absolute atomic E-state index is 12.6. The fourth-order valence-corrected chi connectivity index (χ4v) is 7.53. The van der Waals surface area contributed by atoms with Crippen molar-refractivity contribution in [3.63, 3.8) is 0 Å². The molecular weight excluding hydrogens is 713 g/mol. The van der Waals surface area contributed by atoms with Gasteiger partial charge in [0.15, 0.2) is 18.1 Å². The smallest absolute Gasteiger partial charge is 0.414 e. The third-order valence-electron chi connectivity index (χ3n) is 8.82. The quantitative estimate of drug-likeness (QED) is 0.107. The number of hydrogen-bond donors (Lipinski definition) is 2. The van der Waals surface area contributed by atoms with E-state index in [9.17, 15) is 9.59 Å². The molecule has 0 saturated carbocycles. The summed E-state index contributed by atoms with van der Waals surface area (Å²) in [6.45, 7) is 10.9. The molecule has 2 aliphatic heterocycles. The van der Waals surface area contributed by atoms with Crippen molar-refractivity contribution in [1.82, 2.24) is 9.80 Å². The van der Waals surface area contributed by atoms with Crippen molar-refractivity contribution >= 4 is 45.2 Å². The Hall–Kier alpha value is -5.14. The molecule has 3 aromatic carbocycles. The minimum atomic E-state index is -1.82. The molecule has 6 rings (SSSR count). The number of likely N-dealkylation sites (tertiary alicyclic amines) is 2. The van der Waals surface area contributed by atoms with Gasteiger partial charge < -0.3 is 34.1 Å². The van der Waals surface area contributed by atoms with E-state index in [1.807, 2.05) is 49.9 Å². The van der Waals surface area contributed by atoms with Crippen LogP contribution in [0.25, 0.3) is 20.5 Å². The Morgan fingerprint density at radius 3 is 2.17 bits per heavy atom. The van der Waals surface area contributed by atoms with Crippen LogP contribution in [0.5, 0.6) is 17.2 Å². The molecule has 2 saturated heterocycles. The van der Waals surface area contributed by atoms with Crippen LogP contribution in [0.1, 0.15) is 57.6 Å². The average molecular weight is 761 g/mol. The second-order valence-corrected chi connectivity index (χ2v) is 15.2. The van der Waals surface area contributed by atoms with Gasteiger partial charge in [0.1, 0.15) is 24.6 Å². The van der Waals surface area contributed by atoms with E-state index in [2.05, 4.69) is 47.4 Å². The third kappa shape index (κ3) is 11.7. The number of carbonyl (C=O) groups excluding carboxylic acids is 2. The topological polar surface area (TPSA) is 152 Å². The van der Waals surface area contributed by atoms with Crippen molar-refractivity contribution in [2.75, 3.05) is 52.5 Å². The van der Waals surface area contributed by atoms with Gasteiger partial charge in [0.25, 0.3) is 0 Å². The summed E-state index contributed by atoms with van der Waals surface area (Å²) in [5, 5.41) is 16.0. The number of ether oxygens (including phenoxy) is 4. The molecule has 0 atom stereocenters. The SMILES string of the molecule is CC(C)(C)OC(=O)COc1cc(-c2sc3ccccc3c2Cc2ccc(OCCN3CCCC3=O)cc2)ccc1OCCN1CCCC1.O=C(O)C(=O)O. The first-order chi connectivity index (χ1) is 25.9. The van der Waals surface area contributed by atoms with Gasteiger partial charge in [0.05, 0.1) is 6.54 Å². The lowest BCUT2D eigenvalue weighted by atomic mass is 9.98. The molecule has 3 heterocycles. The molecule has 1 amide bonds. The summed E-state index contributed by atoms with van der Waals surface area (Å²) in [7, 11) is 0. The lowest BCUT2D eigenvalue weighted by Crippen LogP contribution is -2.29. The molecule has 0 aliphatic carbocycles. The Labute approximate surface area is 319 Å². The van der Waals surface area contributed by atoms with Crippen LogP contribution in [-0.4, -0.2) is 102 Å². The number of carboxylic acid groups (broad SMARTS) is 2. The highest BCUT2D eigenvalue weighted by atomic mass is 32.1. The number of carboxylic acids is 2. The largest absolute Gasteiger partial charge is 0.492 e. The molecule has 0 radical (unpaired) electrons. The molecular formula is C41H48N2O10S. The predicted molar refractivity (Wildman–Crippen MR) is 206 cm³/mol. The van der Waals surface area contributed by atoms with Crippen molar-refractivity contribution in [2.24, 2.45) is 0 Å². The lowest BCUT2D eigenvalue weighted by molar-refractivity contribution is -0.159. The number of fused-ring (bicyclic) bond motifs is 1. The maximum atomic E-state index is 12.6. The van der Waals surface area contributed by atoms with E-state index in [-0.39, 0.29) is 12.5 Å². The normalized spacial score (nSPS) is 14.4. The highest BCUT2D eigenvalue weighted by molar-refractivity contribution is 7.22. The molecule has 0 spiro atoms. The molecule has 0 unspecified atom stereocenters. The molecule has 0 bridgehead atoms. The first-order valence-electron chi connectivity index (χ1n) is 18.2. The monoisotopic (exact) mass is 760 g/mol. The number of nitrogens with zero attached hydrogens (tertiary/aromatic N) is 2. The fourth-order valence-electron chi connectivity index (χ4n) is 6.31. The van der Waals surface area contributed by atoms with Crippen LogP contribution in [0.3, 0.4) is 0 Å². The summed E-state index contributed by atoms with van der Waals surface area (Å²) in [5.74, 6) is -1.91. The molecule has 2 fully saturated rings. The van der Waals surface area contributed by atoms with Crippen molar-refractivity contribution in [3.8, 4) is 27.7 Å². The lowest BCUT2D eigenvalue weighted by Gasteiger charge is -2.20. The number of benzene rings is 3. The van der Waals surface area contributed by atoms with Crippen LogP contribution in [0.4, 0.5) is 0 Å². The van der Waals surface area contributed by atoms with Gasteiger partial charge in [-0.2, -0.15) is 0 Å². The van der Waals surface area contributed by atoms with E-state index < -0.39 is 23.5 Å². The van der Waals surface area contributed by atoms with Gasteiger partial charge in [-0.3, -0.25) is 9.69 Å². The van der Waals surface area contributed by atoms with E-state index in [4.69, 9.17) is 38.7 Å². The Morgan fingerprint density at radius 1 is 0.796 bits per heavy atom. The summed E-state index contributed by atoms with van der Waals surface area (Å²) in [5.41, 5.74) is 2.82. The first-order valence-corrected chi connectivity index (χ1v) is 19.0. The second-order valence-electron chi connectivity index (χ2n) is 14.1. The number of hydrogen-bond acceptors (Lipinski definition) is 10. The van der Waals surface area contributed by atoms with E-state index in [0.29, 0.717) is 37.7 Å². The number of aliphatic carboxylic acids is 2. The summed E-state index contributed by atoms with van der Waals surface area (Å²) in [4.78, 5) is 48.1. The van der Waals surface area contributed by atoms with E-state index in [1.54, 1.807) is 11.3 Å². The van der Waals surface area contributed by atoms with Crippen LogP contribution >= 0.6 is 11.3 Å². The van der Waals surface area contributed by atoms with Crippen LogP contribution in [0.15, 0.2) is 66.7 Å². The zero-order chi connectivity index (χ0) is 38.7. The Morgan fingerprint density at radius 2 is 1.50 bits per heavy atom. The Balaban J connectivity index is 0.000000864. The number of rotatable bonds is 14. The maximum Gasteiger partial charge on any atom is 0.414 e. The summed E-state index contributed by atoms with van der Waals surface area (Å²) in [6, 6.07) is 22.8. The van der Waals surface area contributed by atoms with Gasteiger partial charge in [-0.15, -0.1) is 11.3 Å². The zero-order valence-corrected chi connectivity index (χ0v) is 31.8. The van der Waals surface area contributed by atoms with Gasteiger partial charge in [-0.25, -0.2) is 14.4 Å². The van der Waals surface area contributed by atoms with Gasteiger partial charge >= 0.3 is 17.9 Å². The molecule has 4 aromatic rings. The summed E-state index contributed by atoms with van der Waals surface area (Å²) >= 11 is 1.75. The highest BCUT2D eigenvalue weighted by Gasteiger charge is 2.21. The number of amides is 1. The molecule has 1 aromatic heterocycles. The molecule has 13 heteroatoms. The average Bonchev–Trinajstić information content (AvgIpc) is 3.89. The summed E-state index contributed by atoms with van der Waals surface area (Å²) < 4.78 is 25.0. The van der Waals surface area contributed by atoms with Gasteiger partial charge in [-0.1, -0.05) is 30.3 Å². The van der Waals surface area contributed by atoms with Crippen LogP contribution < -0.4 is 14.2 Å². The molecule has 2 N–H and O–H groups in total. The number of esters is 1. The minimum absolute atomic E-state index is 0.203. The Bertz CT molecular complexity index is 1900. The number of carbonyl (C=O) groups is 4. The van der Waals surface area contributed by atoms with Crippen LogP contribution in [0.2, 0.25) is 0 Å². The van der Waals surface area contributed by atoms with E-state index in [0.717, 1.165) is 55.2 Å². The molecule has 288 valence electrons. The third-order valence-corrected chi connectivity index (χ3v) is 10.1. The fraction of sp³-hybridized carbons (Fsp3) is 0.415.